The van der Waals surface area contributed by atoms with E-state index in [4.69, 9.17) is 9.47 Å². The van der Waals surface area contributed by atoms with Gasteiger partial charge >= 0.3 is 11.9 Å². The van der Waals surface area contributed by atoms with Crippen LogP contribution in [0, 0.1) is 0 Å². The molecule has 0 aliphatic carbocycles. The predicted octanol–water partition coefficient (Wildman–Crippen LogP) is 6.37. The van der Waals surface area contributed by atoms with E-state index in [9.17, 15) is 9.59 Å². The number of esters is 2. The van der Waals surface area contributed by atoms with Crippen molar-refractivity contribution in [2.24, 2.45) is 0 Å². The largest absolute Gasteiger partial charge is 0.462 e. The lowest BCUT2D eigenvalue weighted by atomic mass is 10.1. The van der Waals surface area contributed by atoms with Gasteiger partial charge in [-0.25, -0.2) is 9.59 Å². The monoisotopic (exact) mass is 460 g/mol. The molecule has 2 aromatic carbocycles. The predicted molar refractivity (Wildman–Crippen MR) is 118 cm³/mol. The van der Waals surface area contributed by atoms with Crippen molar-refractivity contribution in [2.75, 3.05) is 13.2 Å². The minimum atomic E-state index is -0.510. The molecule has 2 aromatic rings. The summed E-state index contributed by atoms with van der Waals surface area (Å²) in [7, 11) is 0. The van der Waals surface area contributed by atoms with Crippen LogP contribution in [0.1, 0.15) is 71.7 Å². The molecular weight excluding hydrogens is 432 g/mol. The van der Waals surface area contributed by atoms with Gasteiger partial charge in [0.05, 0.1) is 24.3 Å². The number of benzene rings is 2. The van der Waals surface area contributed by atoms with Crippen LogP contribution < -0.4 is 0 Å². The van der Waals surface area contributed by atoms with Crippen molar-refractivity contribution in [3.63, 3.8) is 0 Å². The van der Waals surface area contributed by atoms with E-state index in [0.717, 1.165) is 29.3 Å². The Morgan fingerprint density at radius 2 is 1.31 bits per heavy atom. The maximum atomic E-state index is 12.5. The fraction of sp³-hybridized carbons (Fsp3) is 0.417. The highest BCUT2D eigenvalue weighted by molar-refractivity contribution is 9.10. The normalized spacial score (nSPS) is 10.6. The summed E-state index contributed by atoms with van der Waals surface area (Å²) < 4.78 is 11.7. The molecule has 0 N–H and O–H groups in total. The van der Waals surface area contributed by atoms with E-state index in [0.29, 0.717) is 13.0 Å². The van der Waals surface area contributed by atoms with E-state index in [2.05, 4.69) is 22.9 Å². The van der Waals surface area contributed by atoms with Crippen LogP contribution in [0.25, 0.3) is 0 Å². The number of unbranched alkanes of at least 4 members (excludes halogenated alkanes) is 5. The second-order valence-corrected chi connectivity index (χ2v) is 7.78. The van der Waals surface area contributed by atoms with Crippen molar-refractivity contribution in [1.29, 1.82) is 0 Å². The first-order chi connectivity index (χ1) is 14.1. The molecule has 29 heavy (non-hydrogen) atoms. The molecule has 5 heteroatoms. The summed E-state index contributed by atoms with van der Waals surface area (Å²) >= 11 is 3.48. The summed E-state index contributed by atoms with van der Waals surface area (Å²) in [5.74, 6) is -0.985. The van der Waals surface area contributed by atoms with E-state index < -0.39 is 11.9 Å². The minimum Gasteiger partial charge on any atom is -0.462 e. The molecule has 0 saturated heterocycles. The summed E-state index contributed by atoms with van der Waals surface area (Å²) in [6.45, 7) is 2.80. The van der Waals surface area contributed by atoms with Gasteiger partial charge in [0.25, 0.3) is 0 Å². The number of hydrogen-bond acceptors (Lipinski definition) is 4. The highest BCUT2D eigenvalue weighted by Crippen LogP contribution is 2.17. The Labute approximate surface area is 181 Å². The molecule has 156 valence electrons. The van der Waals surface area contributed by atoms with E-state index >= 15 is 0 Å². The van der Waals surface area contributed by atoms with Crippen LogP contribution in [0.5, 0.6) is 0 Å². The van der Waals surface area contributed by atoms with E-state index in [1.807, 2.05) is 24.3 Å². The molecule has 0 heterocycles. The highest BCUT2D eigenvalue weighted by Gasteiger charge is 2.19. The quantitative estimate of drug-likeness (QED) is 0.272. The summed E-state index contributed by atoms with van der Waals surface area (Å²) in [6, 6.07) is 14.5. The zero-order chi connectivity index (χ0) is 20.9. The van der Waals surface area contributed by atoms with Gasteiger partial charge in [-0.15, -0.1) is 0 Å². The molecule has 0 atom stereocenters. The molecule has 0 radical (unpaired) electrons. The van der Waals surface area contributed by atoms with Crippen LogP contribution in [0.15, 0.2) is 53.0 Å². The third kappa shape index (κ3) is 8.01. The van der Waals surface area contributed by atoms with Crippen molar-refractivity contribution in [3.05, 3.63) is 69.7 Å². The highest BCUT2D eigenvalue weighted by atomic mass is 79.9. The second kappa shape index (κ2) is 13.2. The topological polar surface area (TPSA) is 52.6 Å². The van der Waals surface area contributed by atoms with Crippen molar-refractivity contribution in [3.8, 4) is 0 Å². The van der Waals surface area contributed by atoms with Crippen LogP contribution in [0.2, 0.25) is 0 Å². The molecule has 0 bridgehead atoms. The third-order valence-electron chi connectivity index (χ3n) is 4.66. The van der Waals surface area contributed by atoms with Gasteiger partial charge in [0.1, 0.15) is 0 Å². The van der Waals surface area contributed by atoms with Gasteiger partial charge in [0, 0.05) is 10.9 Å². The van der Waals surface area contributed by atoms with Crippen molar-refractivity contribution in [2.45, 2.75) is 51.9 Å². The van der Waals surface area contributed by atoms with Crippen molar-refractivity contribution in [1.82, 2.24) is 0 Å². The number of rotatable bonds is 12. The Kier molecular flexibility index (Phi) is 10.5. The third-order valence-corrected chi connectivity index (χ3v) is 5.43. The van der Waals surface area contributed by atoms with E-state index in [1.54, 1.807) is 24.3 Å². The first-order valence-electron chi connectivity index (χ1n) is 10.3. The fourth-order valence-electron chi connectivity index (χ4n) is 3.00. The Balaban J connectivity index is 1.82. The standard InChI is InChI=1S/C24H29BrO4/c1-2-3-4-5-6-11-17-28-23(26)20-13-8-9-14-21(20)24(27)29-18-16-19-12-7-10-15-22(19)25/h7-10,12-15H,2-6,11,16-18H2,1H3. The van der Waals surface area contributed by atoms with Gasteiger partial charge in [-0.05, 0) is 30.2 Å². The minimum absolute atomic E-state index is 0.239. The van der Waals surface area contributed by atoms with Crippen LogP contribution in [-0.2, 0) is 15.9 Å². The average molecular weight is 461 g/mol. The molecular formula is C24H29BrO4. The lowest BCUT2D eigenvalue weighted by Gasteiger charge is -2.10. The Bertz CT molecular complexity index is 788. The molecule has 0 amide bonds. The van der Waals surface area contributed by atoms with Crippen molar-refractivity contribution < 1.29 is 19.1 Å². The Morgan fingerprint density at radius 3 is 1.97 bits per heavy atom. The van der Waals surface area contributed by atoms with Crippen LogP contribution in [0.3, 0.4) is 0 Å². The summed E-state index contributed by atoms with van der Waals surface area (Å²) in [6.07, 6.45) is 7.32. The average Bonchev–Trinajstić information content (AvgIpc) is 2.74. The van der Waals surface area contributed by atoms with E-state index in [-0.39, 0.29) is 17.7 Å². The van der Waals surface area contributed by atoms with Gasteiger partial charge in [-0.3, -0.25) is 0 Å². The molecule has 0 spiro atoms. The molecule has 4 nitrogen and oxygen atoms in total. The summed E-state index contributed by atoms with van der Waals surface area (Å²) in [5.41, 5.74) is 1.56. The zero-order valence-electron chi connectivity index (χ0n) is 17.0. The molecule has 0 aliphatic heterocycles. The van der Waals surface area contributed by atoms with E-state index in [1.165, 1.54) is 19.3 Å². The Morgan fingerprint density at radius 1 is 0.759 bits per heavy atom. The lowest BCUT2D eigenvalue weighted by molar-refractivity contribution is 0.0455. The number of halogens is 1. The van der Waals surface area contributed by atoms with Gasteiger partial charge in [-0.2, -0.15) is 0 Å². The fourth-order valence-corrected chi connectivity index (χ4v) is 3.48. The first kappa shape index (κ1) is 23.1. The molecule has 0 aliphatic rings. The molecule has 2 rings (SSSR count). The summed E-state index contributed by atoms with van der Waals surface area (Å²) in [4.78, 5) is 24.9. The van der Waals surface area contributed by atoms with Crippen LogP contribution in [0.4, 0.5) is 0 Å². The Hall–Kier alpha value is -2.14. The van der Waals surface area contributed by atoms with Crippen molar-refractivity contribution >= 4 is 27.9 Å². The first-order valence-corrected chi connectivity index (χ1v) is 11.1. The number of carbonyl (C=O) groups excluding carboxylic acids is 2. The lowest BCUT2D eigenvalue weighted by Crippen LogP contribution is -2.15. The van der Waals surface area contributed by atoms with Gasteiger partial charge in [-0.1, -0.05) is 85.3 Å². The zero-order valence-corrected chi connectivity index (χ0v) is 18.6. The molecule has 0 fully saturated rings. The number of hydrogen-bond donors (Lipinski definition) is 0. The maximum absolute atomic E-state index is 12.5. The smallest absolute Gasteiger partial charge is 0.339 e. The molecule has 0 unspecified atom stereocenters. The second-order valence-electron chi connectivity index (χ2n) is 6.93. The SMILES string of the molecule is CCCCCCCCOC(=O)c1ccccc1C(=O)OCCc1ccccc1Br. The van der Waals surface area contributed by atoms with Gasteiger partial charge in [0.15, 0.2) is 0 Å². The molecule has 0 saturated carbocycles. The number of carbonyl (C=O) groups is 2. The number of ether oxygens (including phenoxy) is 2. The molecule has 0 aromatic heterocycles. The van der Waals surface area contributed by atoms with Crippen LogP contribution in [-0.4, -0.2) is 25.2 Å². The maximum Gasteiger partial charge on any atom is 0.339 e. The van der Waals surface area contributed by atoms with Gasteiger partial charge in [0.2, 0.25) is 0 Å². The summed E-state index contributed by atoms with van der Waals surface area (Å²) in [5, 5.41) is 0. The van der Waals surface area contributed by atoms with Crippen LogP contribution >= 0.6 is 15.9 Å². The van der Waals surface area contributed by atoms with Gasteiger partial charge < -0.3 is 9.47 Å².